The highest BCUT2D eigenvalue weighted by atomic mass is 35.5. The van der Waals surface area contributed by atoms with E-state index in [4.69, 9.17) is 16.6 Å². The monoisotopic (exact) mass is 313 g/mol. The van der Waals surface area contributed by atoms with E-state index in [1.807, 2.05) is 12.1 Å². The Morgan fingerprint density at radius 2 is 2.20 bits per heavy atom. The molecule has 1 saturated heterocycles. The van der Waals surface area contributed by atoms with Crippen LogP contribution in [0, 0.1) is 0 Å². The normalized spacial score (nSPS) is 18.9. The predicted molar refractivity (Wildman–Crippen MR) is 90.0 cm³/mol. The number of aromatic nitrogens is 1. The van der Waals surface area contributed by atoms with Gasteiger partial charge in [-0.15, -0.1) is 0 Å². The molecule has 1 N–H and O–H groups in total. The van der Waals surface area contributed by atoms with Gasteiger partial charge in [-0.05, 0) is 25.1 Å². The van der Waals surface area contributed by atoms with Gasteiger partial charge in [0.05, 0.1) is 10.7 Å². The van der Waals surface area contributed by atoms with Crippen molar-refractivity contribution in [3.63, 3.8) is 0 Å². The summed E-state index contributed by atoms with van der Waals surface area (Å²) in [7, 11) is 0. The first kappa shape index (κ1) is 15.9. The van der Waals surface area contributed by atoms with E-state index in [1.54, 1.807) is 0 Å². The second-order valence-corrected chi connectivity index (χ2v) is 7.93. The average Bonchev–Trinajstić information content (AvgIpc) is 2.59. The minimum absolute atomic E-state index is 0.369. The first-order valence-corrected chi connectivity index (χ1v) is 8.63. The SMILES string of the molecule is CCNCc1nc(N2CCSC(C)(C)CC2)ccc1Cl. The lowest BCUT2D eigenvalue weighted by molar-refractivity contribution is 0.633. The molecular weight excluding hydrogens is 290 g/mol. The van der Waals surface area contributed by atoms with Crippen molar-refractivity contribution in [1.29, 1.82) is 0 Å². The fourth-order valence-corrected chi connectivity index (χ4v) is 3.54. The van der Waals surface area contributed by atoms with Crippen LogP contribution in [0.25, 0.3) is 0 Å². The molecule has 112 valence electrons. The average molecular weight is 314 g/mol. The highest BCUT2D eigenvalue weighted by molar-refractivity contribution is 8.00. The van der Waals surface area contributed by atoms with Gasteiger partial charge in [-0.3, -0.25) is 0 Å². The maximum atomic E-state index is 6.22. The highest BCUT2D eigenvalue weighted by Crippen LogP contribution is 2.32. The van der Waals surface area contributed by atoms with Crippen LogP contribution in [0.4, 0.5) is 5.82 Å². The van der Waals surface area contributed by atoms with Crippen LogP contribution in [0.2, 0.25) is 5.02 Å². The summed E-state index contributed by atoms with van der Waals surface area (Å²) in [5, 5.41) is 4.04. The summed E-state index contributed by atoms with van der Waals surface area (Å²) in [6.45, 7) is 10.5. The van der Waals surface area contributed by atoms with E-state index in [1.165, 1.54) is 6.42 Å². The van der Waals surface area contributed by atoms with Crippen molar-refractivity contribution in [2.75, 3.05) is 30.3 Å². The number of nitrogens with zero attached hydrogens (tertiary/aromatic N) is 2. The first-order valence-electron chi connectivity index (χ1n) is 7.27. The van der Waals surface area contributed by atoms with Crippen molar-refractivity contribution in [3.05, 3.63) is 22.8 Å². The Morgan fingerprint density at radius 1 is 1.40 bits per heavy atom. The van der Waals surface area contributed by atoms with Crippen LogP contribution in [-0.4, -0.2) is 35.1 Å². The largest absolute Gasteiger partial charge is 0.356 e. The molecule has 2 rings (SSSR count). The molecule has 0 atom stereocenters. The summed E-state index contributed by atoms with van der Waals surface area (Å²) in [5.74, 6) is 2.21. The van der Waals surface area contributed by atoms with E-state index >= 15 is 0 Å². The summed E-state index contributed by atoms with van der Waals surface area (Å²) in [5.41, 5.74) is 0.946. The van der Waals surface area contributed by atoms with Crippen LogP contribution in [0.5, 0.6) is 0 Å². The molecule has 0 aliphatic carbocycles. The third kappa shape index (κ3) is 4.27. The summed E-state index contributed by atoms with van der Waals surface area (Å²) < 4.78 is 0.369. The standard InChI is InChI=1S/C15H24ClN3S/c1-4-17-11-13-12(16)5-6-14(18-13)19-8-7-15(2,3)20-10-9-19/h5-6,17H,4,7-11H2,1-3H3. The lowest BCUT2D eigenvalue weighted by atomic mass is 10.1. The van der Waals surface area contributed by atoms with E-state index < -0.39 is 0 Å². The highest BCUT2D eigenvalue weighted by Gasteiger charge is 2.24. The molecule has 0 bridgehead atoms. The minimum atomic E-state index is 0.369. The minimum Gasteiger partial charge on any atom is -0.356 e. The quantitative estimate of drug-likeness (QED) is 0.920. The van der Waals surface area contributed by atoms with Gasteiger partial charge in [0.15, 0.2) is 0 Å². The molecule has 0 amide bonds. The number of thioether (sulfide) groups is 1. The van der Waals surface area contributed by atoms with Crippen molar-refractivity contribution in [2.45, 2.75) is 38.5 Å². The number of pyridine rings is 1. The molecular formula is C15H24ClN3S. The molecule has 3 nitrogen and oxygen atoms in total. The van der Waals surface area contributed by atoms with Crippen LogP contribution < -0.4 is 10.2 Å². The van der Waals surface area contributed by atoms with Crippen LogP contribution in [-0.2, 0) is 6.54 Å². The molecule has 0 saturated carbocycles. The van der Waals surface area contributed by atoms with E-state index in [2.05, 4.69) is 42.7 Å². The van der Waals surface area contributed by atoms with E-state index in [9.17, 15) is 0 Å². The van der Waals surface area contributed by atoms with Crippen LogP contribution >= 0.6 is 23.4 Å². The van der Waals surface area contributed by atoms with Gasteiger partial charge in [-0.2, -0.15) is 11.8 Å². The third-order valence-electron chi connectivity index (χ3n) is 3.61. The molecule has 1 aromatic heterocycles. The molecule has 2 heterocycles. The number of nitrogens with one attached hydrogen (secondary N) is 1. The Hall–Kier alpha value is -0.450. The lowest BCUT2D eigenvalue weighted by Gasteiger charge is -2.24. The Balaban J connectivity index is 2.11. The summed E-state index contributed by atoms with van der Waals surface area (Å²) in [4.78, 5) is 7.13. The van der Waals surface area contributed by atoms with Gasteiger partial charge in [0, 0.05) is 30.1 Å². The molecule has 20 heavy (non-hydrogen) atoms. The van der Waals surface area contributed by atoms with Gasteiger partial charge in [0.25, 0.3) is 0 Å². The maximum Gasteiger partial charge on any atom is 0.128 e. The molecule has 1 aromatic rings. The van der Waals surface area contributed by atoms with E-state index in [0.717, 1.165) is 48.5 Å². The van der Waals surface area contributed by atoms with Crippen LogP contribution in [0.1, 0.15) is 32.9 Å². The summed E-state index contributed by atoms with van der Waals surface area (Å²) >= 11 is 8.28. The number of anilines is 1. The molecule has 0 aromatic carbocycles. The first-order chi connectivity index (χ1) is 9.52. The van der Waals surface area contributed by atoms with Gasteiger partial charge < -0.3 is 10.2 Å². The van der Waals surface area contributed by atoms with Gasteiger partial charge >= 0.3 is 0 Å². The number of rotatable bonds is 4. The topological polar surface area (TPSA) is 28.2 Å². The summed E-state index contributed by atoms with van der Waals surface area (Å²) in [6, 6.07) is 4.01. The smallest absolute Gasteiger partial charge is 0.128 e. The zero-order valence-corrected chi connectivity index (χ0v) is 14.2. The maximum absolute atomic E-state index is 6.22. The molecule has 0 spiro atoms. The van der Waals surface area contributed by atoms with Crippen LogP contribution in [0.15, 0.2) is 12.1 Å². The van der Waals surface area contributed by atoms with Crippen molar-refractivity contribution in [1.82, 2.24) is 10.3 Å². The molecule has 5 heteroatoms. The van der Waals surface area contributed by atoms with E-state index in [0.29, 0.717) is 4.75 Å². The molecule has 0 unspecified atom stereocenters. The third-order valence-corrected chi connectivity index (χ3v) is 5.32. The fraction of sp³-hybridized carbons (Fsp3) is 0.667. The van der Waals surface area contributed by atoms with E-state index in [-0.39, 0.29) is 0 Å². The van der Waals surface area contributed by atoms with Gasteiger partial charge in [0.2, 0.25) is 0 Å². The number of halogens is 1. The number of hydrogen-bond acceptors (Lipinski definition) is 4. The van der Waals surface area contributed by atoms with Crippen molar-refractivity contribution in [2.24, 2.45) is 0 Å². The Kier molecular flexibility index (Phi) is 5.58. The van der Waals surface area contributed by atoms with Crippen molar-refractivity contribution in [3.8, 4) is 0 Å². The van der Waals surface area contributed by atoms with Gasteiger partial charge in [0.1, 0.15) is 5.82 Å². The Labute approximate surface area is 131 Å². The second-order valence-electron chi connectivity index (χ2n) is 5.72. The van der Waals surface area contributed by atoms with Crippen molar-refractivity contribution < 1.29 is 0 Å². The van der Waals surface area contributed by atoms with Gasteiger partial charge in [-0.25, -0.2) is 4.98 Å². The molecule has 1 aliphatic heterocycles. The molecule has 0 radical (unpaired) electrons. The lowest BCUT2D eigenvalue weighted by Crippen LogP contribution is -2.28. The Bertz CT molecular complexity index is 451. The van der Waals surface area contributed by atoms with Gasteiger partial charge in [-0.1, -0.05) is 32.4 Å². The predicted octanol–water partition coefficient (Wildman–Crippen LogP) is 3.57. The fourth-order valence-electron chi connectivity index (χ4n) is 2.27. The van der Waals surface area contributed by atoms with Crippen LogP contribution in [0.3, 0.4) is 0 Å². The zero-order valence-electron chi connectivity index (χ0n) is 12.6. The Morgan fingerprint density at radius 3 is 2.95 bits per heavy atom. The summed E-state index contributed by atoms with van der Waals surface area (Å²) in [6.07, 6.45) is 1.19. The number of hydrogen-bond donors (Lipinski definition) is 1. The second kappa shape index (κ2) is 7.01. The zero-order chi connectivity index (χ0) is 14.6. The molecule has 1 aliphatic rings. The van der Waals surface area contributed by atoms with Crippen molar-refractivity contribution >= 4 is 29.2 Å². The molecule has 1 fully saturated rings.